The summed E-state index contributed by atoms with van der Waals surface area (Å²) in [6.07, 6.45) is 2.46. The number of hydrogen-bond acceptors (Lipinski definition) is 5. The predicted octanol–water partition coefficient (Wildman–Crippen LogP) is 3.80. The van der Waals surface area contributed by atoms with Gasteiger partial charge >= 0.3 is 6.01 Å². The number of benzene rings is 1. The lowest BCUT2D eigenvalue weighted by Gasteiger charge is -2.14. The number of nitrogens with one attached hydrogen (secondary N) is 2. The average molecular weight is 327 g/mol. The molecular formula is C14H16Cl2N4O. The second kappa shape index (κ2) is 6.22. The van der Waals surface area contributed by atoms with Crippen molar-refractivity contribution in [3.8, 4) is 0 Å². The fourth-order valence-corrected chi connectivity index (χ4v) is 2.59. The standard InChI is InChI=1S/C14H16Cl2N4O/c1-8(11-5-2-9(15)6-12(11)16)18-14-20-19-13(21-14)7-17-10-3-4-10/h2,5-6,8,10,17H,3-4,7H2,1H3,(H,18,20). The highest BCUT2D eigenvalue weighted by molar-refractivity contribution is 6.35. The van der Waals surface area contributed by atoms with Gasteiger partial charge in [0.1, 0.15) is 0 Å². The normalized spacial score (nSPS) is 16.0. The maximum atomic E-state index is 6.19. The third kappa shape index (κ3) is 3.87. The van der Waals surface area contributed by atoms with Crippen LogP contribution in [0.25, 0.3) is 0 Å². The van der Waals surface area contributed by atoms with Crippen molar-refractivity contribution in [3.63, 3.8) is 0 Å². The van der Waals surface area contributed by atoms with Crippen LogP contribution < -0.4 is 10.6 Å². The van der Waals surface area contributed by atoms with Crippen LogP contribution >= 0.6 is 23.2 Å². The zero-order valence-electron chi connectivity index (χ0n) is 11.6. The van der Waals surface area contributed by atoms with E-state index in [0.29, 0.717) is 34.5 Å². The molecule has 112 valence electrons. The first-order valence-electron chi connectivity index (χ1n) is 6.89. The summed E-state index contributed by atoms with van der Waals surface area (Å²) in [5.41, 5.74) is 0.928. The minimum absolute atomic E-state index is 0.0561. The molecule has 2 aromatic rings. The van der Waals surface area contributed by atoms with Gasteiger partial charge in [-0.15, -0.1) is 5.10 Å². The number of aromatic nitrogens is 2. The molecule has 1 fully saturated rings. The highest BCUT2D eigenvalue weighted by Crippen LogP contribution is 2.28. The van der Waals surface area contributed by atoms with E-state index in [-0.39, 0.29) is 6.04 Å². The van der Waals surface area contributed by atoms with Gasteiger partial charge in [-0.3, -0.25) is 0 Å². The van der Waals surface area contributed by atoms with Gasteiger partial charge in [-0.2, -0.15) is 0 Å². The Kier molecular flexibility index (Phi) is 4.33. The molecule has 5 nitrogen and oxygen atoms in total. The van der Waals surface area contributed by atoms with Crippen molar-refractivity contribution >= 4 is 29.2 Å². The lowest BCUT2D eigenvalue weighted by Crippen LogP contribution is -2.15. The smallest absolute Gasteiger partial charge is 0.315 e. The van der Waals surface area contributed by atoms with Crippen LogP contribution in [0.3, 0.4) is 0 Å². The van der Waals surface area contributed by atoms with E-state index in [9.17, 15) is 0 Å². The predicted molar refractivity (Wildman–Crippen MR) is 82.7 cm³/mol. The summed E-state index contributed by atoms with van der Waals surface area (Å²) in [4.78, 5) is 0. The Morgan fingerprint density at radius 3 is 2.86 bits per heavy atom. The summed E-state index contributed by atoms with van der Waals surface area (Å²) in [6.45, 7) is 2.58. The monoisotopic (exact) mass is 326 g/mol. The molecule has 0 amide bonds. The van der Waals surface area contributed by atoms with Crippen molar-refractivity contribution in [1.29, 1.82) is 0 Å². The molecule has 1 aliphatic carbocycles. The fourth-order valence-electron chi connectivity index (χ4n) is 2.02. The van der Waals surface area contributed by atoms with Gasteiger partial charge in [0.05, 0.1) is 12.6 Å². The summed E-state index contributed by atoms with van der Waals surface area (Å²) in [6, 6.07) is 6.35. The lowest BCUT2D eigenvalue weighted by molar-refractivity contribution is 0.473. The molecule has 0 radical (unpaired) electrons. The molecule has 1 atom stereocenters. The van der Waals surface area contributed by atoms with Gasteiger partial charge in [0.2, 0.25) is 5.89 Å². The van der Waals surface area contributed by atoms with E-state index in [1.807, 2.05) is 13.0 Å². The van der Waals surface area contributed by atoms with E-state index < -0.39 is 0 Å². The Morgan fingerprint density at radius 1 is 1.33 bits per heavy atom. The third-order valence-corrected chi connectivity index (χ3v) is 3.92. The largest absolute Gasteiger partial charge is 0.407 e. The molecule has 0 aliphatic heterocycles. The van der Waals surface area contributed by atoms with Crippen molar-refractivity contribution in [2.45, 2.75) is 38.4 Å². The van der Waals surface area contributed by atoms with Crippen LogP contribution in [-0.2, 0) is 6.54 Å². The molecule has 1 aromatic carbocycles. The Labute approximate surface area is 133 Å². The first-order chi connectivity index (χ1) is 10.1. The molecule has 0 bridgehead atoms. The number of nitrogens with zero attached hydrogens (tertiary/aromatic N) is 2. The Morgan fingerprint density at radius 2 is 2.14 bits per heavy atom. The number of hydrogen-bond donors (Lipinski definition) is 2. The molecule has 1 saturated carbocycles. The topological polar surface area (TPSA) is 63.0 Å². The van der Waals surface area contributed by atoms with Gasteiger partial charge in [0, 0.05) is 16.1 Å². The fraction of sp³-hybridized carbons (Fsp3) is 0.429. The average Bonchev–Trinajstić information content (AvgIpc) is 3.16. The first kappa shape index (κ1) is 14.6. The Balaban J connectivity index is 1.62. The first-order valence-corrected chi connectivity index (χ1v) is 7.64. The van der Waals surface area contributed by atoms with Crippen LogP contribution in [0.1, 0.15) is 37.3 Å². The van der Waals surface area contributed by atoms with Gasteiger partial charge in [-0.05, 0) is 37.5 Å². The van der Waals surface area contributed by atoms with Gasteiger partial charge in [-0.25, -0.2) is 0 Å². The molecule has 3 rings (SSSR count). The molecular weight excluding hydrogens is 311 g/mol. The van der Waals surface area contributed by atoms with Gasteiger partial charge in [0.15, 0.2) is 0 Å². The van der Waals surface area contributed by atoms with Crippen LogP contribution in [0.2, 0.25) is 10.0 Å². The van der Waals surface area contributed by atoms with Gasteiger partial charge in [-0.1, -0.05) is 34.4 Å². The minimum atomic E-state index is -0.0561. The summed E-state index contributed by atoms with van der Waals surface area (Å²) in [5, 5.41) is 15.7. The summed E-state index contributed by atoms with van der Waals surface area (Å²) >= 11 is 12.1. The van der Waals surface area contributed by atoms with E-state index in [1.165, 1.54) is 12.8 Å². The summed E-state index contributed by atoms with van der Waals surface area (Å²) < 4.78 is 5.55. The van der Waals surface area contributed by atoms with E-state index >= 15 is 0 Å². The molecule has 0 spiro atoms. The third-order valence-electron chi connectivity index (χ3n) is 3.36. The lowest BCUT2D eigenvalue weighted by atomic mass is 10.1. The summed E-state index contributed by atoms with van der Waals surface area (Å²) in [5.74, 6) is 0.582. The van der Waals surface area contributed by atoms with Gasteiger partial charge in [0.25, 0.3) is 0 Å². The van der Waals surface area contributed by atoms with Crippen LogP contribution in [0.15, 0.2) is 22.6 Å². The zero-order valence-corrected chi connectivity index (χ0v) is 13.1. The molecule has 1 aromatic heterocycles. The number of anilines is 1. The Bertz CT molecular complexity index is 627. The van der Waals surface area contributed by atoms with Crippen molar-refractivity contribution in [2.24, 2.45) is 0 Å². The minimum Gasteiger partial charge on any atom is -0.407 e. The van der Waals surface area contributed by atoms with E-state index in [1.54, 1.807) is 12.1 Å². The SMILES string of the molecule is CC(Nc1nnc(CNC2CC2)o1)c1ccc(Cl)cc1Cl. The van der Waals surface area contributed by atoms with E-state index in [4.69, 9.17) is 27.6 Å². The van der Waals surface area contributed by atoms with E-state index in [0.717, 1.165) is 5.56 Å². The molecule has 1 heterocycles. The van der Waals surface area contributed by atoms with E-state index in [2.05, 4.69) is 20.8 Å². The maximum absolute atomic E-state index is 6.19. The van der Waals surface area contributed by atoms with Crippen molar-refractivity contribution in [3.05, 3.63) is 39.7 Å². The van der Waals surface area contributed by atoms with Crippen LogP contribution in [0.5, 0.6) is 0 Å². The van der Waals surface area contributed by atoms with Crippen molar-refractivity contribution in [2.75, 3.05) is 5.32 Å². The van der Waals surface area contributed by atoms with Crippen molar-refractivity contribution < 1.29 is 4.42 Å². The zero-order chi connectivity index (χ0) is 14.8. The molecule has 7 heteroatoms. The number of halogens is 2. The van der Waals surface area contributed by atoms with Crippen LogP contribution in [0, 0.1) is 0 Å². The molecule has 21 heavy (non-hydrogen) atoms. The second-order valence-corrected chi connectivity index (χ2v) is 6.03. The van der Waals surface area contributed by atoms with Crippen molar-refractivity contribution in [1.82, 2.24) is 15.5 Å². The molecule has 0 saturated heterocycles. The Hall–Kier alpha value is -1.30. The quantitative estimate of drug-likeness (QED) is 0.845. The van der Waals surface area contributed by atoms with Gasteiger partial charge < -0.3 is 15.1 Å². The van der Waals surface area contributed by atoms with Crippen LogP contribution in [-0.4, -0.2) is 16.2 Å². The number of rotatable bonds is 6. The highest BCUT2D eigenvalue weighted by atomic mass is 35.5. The second-order valence-electron chi connectivity index (χ2n) is 5.19. The summed E-state index contributed by atoms with van der Waals surface area (Å²) in [7, 11) is 0. The van der Waals surface area contributed by atoms with Crippen LogP contribution in [0.4, 0.5) is 6.01 Å². The molecule has 1 unspecified atom stereocenters. The molecule has 1 aliphatic rings. The molecule has 2 N–H and O–H groups in total. The highest BCUT2D eigenvalue weighted by Gasteiger charge is 2.21. The maximum Gasteiger partial charge on any atom is 0.315 e.